The first-order valence-corrected chi connectivity index (χ1v) is 9.64. The summed E-state index contributed by atoms with van der Waals surface area (Å²) in [7, 11) is -2.21. The summed E-state index contributed by atoms with van der Waals surface area (Å²) >= 11 is 0. The van der Waals surface area contributed by atoms with Crippen LogP contribution in [0.1, 0.15) is 18.2 Å². The lowest BCUT2D eigenvalue weighted by molar-refractivity contribution is 0.413. The molecule has 0 aliphatic heterocycles. The molecular weight excluding hydrogens is 352 g/mol. The number of nitrogens with zero attached hydrogens (tertiary/aromatic N) is 1. The van der Waals surface area contributed by atoms with Crippen LogP contribution in [-0.2, 0) is 16.4 Å². The molecule has 0 atom stereocenters. The first-order chi connectivity index (χ1) is 12.4. The number of aryl methyl sites for hydroxylation is 2. The fraction of sp³-hybridized carbons (Fsp3) is 0.211. The monoisotopic (exact) mass is 372 g/mol. The second-order valence-electron chi connectivity index (χ2n) is 5.79. The summed E-state index contributed by atoms with van der Waals surface area (Å²) in [5.41, 5.74) is 2.80. The van der Waals surface area contributed by atoms with Crippen molar-refractivity contribution in [3.05, 3.63) is 60.0 Å². The molecule has 3 aromatic rings. The Labute approximate surface area is 152 Å². The molecule has 6 nitrogen and oxygen atoms in total. The zero-order chi connectivity index (χ0) is 18.7. The van der Waals surface area contributed by atoms with E-state index in [2.05, 4.69) is 9.71 Å². The number of ether oxygens (including phenoxy) is 1. The lowest BCUT2D eigenvalue weighted by Gasteiger charge is -2.11. The lowest BCUT2D eigenvalue weighted by atomic mass is 10.1. The van der Waals surface area contributed by atoms with Gasteiger partial charge in [0.25, 0.3) is 10.0 Å². The minimum Gasteiger partial charge on any atom is -0.495 e. The number of hydrogen-bond acceptors (Lipinski definition) is 5. The van der Waals surface area contributed by atoms with Gasteiger partial charge in [0.1, 0.15) is 11.5 Å². The van der Waals surface area contributed by atoms with Crippen molar-refractivity contribution in [2.75, 3.05) is 11.8 Å². The van der Waals surface area contributed by atoms with Gasteiger partial charge in [-0.3, -0.25) is 9.71 Å². The van der Waals surface area contributed by atoms with Gasteiger partial charge in [-0.05, 0) is 42.8 Å². The average molecular weight is 372 g/mol. The number of furan rings is 1. The van der Waals surface area contributed by atoms with Crippen LogP contribution < -0.4 is 9.46 Å². The number of anilines is 1. The number of benzene rings is 1. The molecule has 0 aliphatic rings. The van der Waals surface area contributed by atoms with Gasteiger partial charge in [0.2, 0.25) is 5.09 Å². The molecule has 1 N–H and O–H groups in total. The van der Waals surface area contributed by atoms with E-state index >= 15 is 0 Å². The highest BCUT2D eigenvalue weighted by atomic mass is 32.2. The number of methoxy groups -OCH3 is 1. The molecule has 26 heavy (non-hydrogen) atoms. The maximum Gasteiger partial charge on any atom is 0.295 e. The number of sulfonamides is 1. The number of nitrogens with one attached hydrogen (secondary N) is 1. The number of pyridine rings is 1. The molecule has 7 heteroatoms. The molecule has 0 bridgehead atoms. The summed E-state index contributed by atoms with van der Waals surface area (Å²) in [5, 5.41) is -0.0956. The standard InChI is InChI=1S/C19H20N2O4S/c1-4-15-8-10-19(25-15)26(22,23)21-18-11-14(6-5-13(18)2)17-9-7-16(24-3)12-20-17/h5-12,21H,4H2,1-3H3. The molecule has 136 valence electrons. The number of hydrogen-bond donors (Lipinski definition) is 1. The number of rotatable bonds is 6. The van der Waals surface area contributed by atoms with Crippen LogP contribution in [-0.4, -0.2) is 20.5 Å². The van der Waals surface area contributed by atoms with E-state index in [4.69, 9.17) is 9.15 Å². The zero-order valence-corrected chi connectivity index (χ0v) is 15.6. The number of aromatic nitrogens is 1. The summed E-state index contributed by atoms with van der Waals surface area (Å²) in [6.45, 7) is 3.74. The van der Waals surface area contributed by atoms with Gasteiger partial charge in [-0.25, -0.2) is 0 Å². The summed E-state index contributed by atoms with van der Waals surface area (Å²) in [6, 6.07) is 12.3. The third-order valence-electron chi connectivity index (χ3n) is 4.00. The van der Waals surface area contributed by atoms with Crippen LogP contribution in [0.4, 0.5) is 5.69 Å². The van der Waals surface area contributed by atoms with E-state index in [1.165, 1.54) is 6.07 Å². The topological polar surface area (TPSA) is 81.4 Å². The Bertz CT molecular complexity index is 1010. The Balaban J connectivity index is 1.92. The fourth-order valence-electron chi connectivity index (χ4n) is 2.45. The molecule has 2 aromatic heterocycles. The molecule has 0 amide bonds. The van der Waals surface area contributed by atoms with Crippen molar-refractivity contribution >= 4 is 15.7 Å². The Morgan fingerprint density at radius 3 is 2.58 bits per heavy atom. The second kappa shape index (κ2) is 7.21. The highest BCUT2D eigenvalue weighted by Gasteiger charge is 2.20. The smallest absolute Gasteiger partial charge is 0.295 e. The minimum absolute atomic E-state index is 0.0956. The van der Waals surface area contributed by atoms with Crippen LogP contribution in [0.2, 0.25) is 0 Å². The van der Waals surface area contributed by atoms with Gasteiger partial charge in [0.05, 0.1) is 24.7 Å². The largest absolute Gasteiger partial charge is 0.495 e. The molecule has 2 heterocycles. The van der Waals surface area contributed by atoms with Gasteiger partial charge in [0.15, 0.2) is 0 Å². The molecule has 0 unspecified atom stereocenters. The first-order valence-electron chi connectivity index (χ1n) is 8.15. The van der Waals surface area contributed by atoms with Crippen LogP contribution >= 0.6 is 0 Å². The van der Waals surface area contributed by atoms with Crippen molar-refractivity contribution < 1.29 is 17.6 Å². The van der Waals surface area contributed by atoms with Crippen molar-refractivity contribution in [2.45, 2.75) is 25.4 Å². The molecule has 0 saturated heterocycles. The quantitative estimate of drug-likeness (QED) is 0.707. The molecule has 0 aliphatic carbocycles. The van der Waals surface area contributed by atoms with E-state index in [0.29, 0.717) is 23.6 Å². The van der Waals surface area contributed by atoms with Crippen molar-refractivity contribution in [2.24, 2.45) is 0 Å². The SMILES string of the molecule is CCc1ccc(S(=O)(=O)Nc2cc(-c3ccc(OC)cn3)ccc2C)o1. The minimum atomic E-state index is -3.79. The molecule has 3 rings (SSSR count). The third kappa shape index (κ3) is 3.72. The van der Waals surface area contributed by atoms with Crippen molar-refractivity contribution in [1.29, 1.82) is 0 Å². The van der Waals surface area contributed by atoms with Crippen LogP contribution in [0.15, 0.2) is 58.2 Å². The summed E-state index contributed by atoms with van der Waals surface area (Å²) in [4.78, 5) is 4.34. The van der Waals surface area contributed by atoms with Gasteiger partial charge in [-0.2, -0.15) is 8.42 Å². The summed E-state index contributed by atoms with van der Waals surface area (Å²) in [5.74, 6) is 1.28. The molecule has 0 fully saturated rings. The Kier molecular flexibility index (Phi) is 4.99. The summed E-state index contributed by atoms with van der Waals surface area (Å²) < 4.78 is 38.2. The van der Waals surface area contributed by atoms with Gasteiger partial charge in [0, 0.05) is 12.0 Å². The van der Waals surface area contributed by atoms with E-state index in [1.807, 2.05) is 32.0 Å². The molecule has 0 saturated carbocycles. The predicted octanol–water partition coefficient (Wildman–Crippen LogP) is 4.02. The summed E-state index contributed by atoms with van der Waals surface area (Å²) in [6.07, 6.45) is 2.25. The highest BCUT2D eigenvalue weighted by molar-refractivity contribution is 7.92. The van der Waals surface area contributed by atoms with E-state index in [1.54, 1.807) is 31.5 Å². The van der Waals surface area contributed by atoms with Crippen molar-refractivity contribution in [3.63, 3.8) is 0 Å². The van der Waals surface area contributed by atoms with Gasteiger partial charge in [-0.15, -0.1) is 0 Å². The van der Waals surface area contributed by atoms with E-state index in [9.17, 15) is 8.42 Å². The molecular formula is C19H20N2O4S. The normalized spacial score (nSPS) is 11.3. The Morgan fingerprint density at radius 1 is 1.15 bits per heavy atom. The Morgan fingerprint density at radius 2 is 1.96 bits per heavy atom. The maximum atomic E-state index is 12.6. The van der Waals surface area contributed by atoms with Crippen LogP contribution in [0, 0.1) is 6.92 Å². The molecule has 0 radical (unpaired) electrons. The highest BCUT2D eigenvalue weighted by Crippen LogP contribution is 2.27. The van der Waals surface area contributed by atoms with E-state index in [-0.39, 0.29) is 5.09 Å². The lowest BCUT2D eigenvalue weighted by Crippen LogP contribution is -2.13. The molecule has 0 spiro atoms. The maximum absolute atomic E-state index is 12.6. The van der Waals surface area contributed by atoms with Crippen molar-refractivity contribution in [3.8, 4) is 17.0 Å². The van der Waals surface area contributed by atoms with Gasteiger partial charge < -0.3 is 9.15 Å². The Hall–Kier alpha value is -2.80. The van der Waals surface area contributed by atoms with Crippen molar-refractivity contribution in [1.82, 2.24) is 4.98 Å². The molecule has 1 aromatic carbocycles. The fourth-order valence-corrected chi connectivity index (χ4v) is 3.52. The average Bonchev–Trinajstić information content (AvgIpc) is 3.14. The van der Waals surface area contributed by atoms with Crippen LogP contribution in [0.5, 0.6) is 5.75 Å². The third-order valence-corrected chi connectivity index (χ3v) is 5.24. The van der Waals surface area contributed by atoms with Crippen LogP contribution in [0.3, 0.4) is 0 Å². The second-order valence-corrected chi connectivity index (χ2v) is 7.41. The van der Waals surface area contributed by atoms with Gasteiger partial charge >= 0.3 is 0 Å². The predicted molar refractivity (Wildman–Crippen MR) is 99.9 cm³/mol. The van der Waals surface area contributed by atoms with E-state index in [0.717, 1.165) is 16.8 Å². The van der Waals surface area contributed by atoms with Gasteiger partial charge in [-0.1, -0.05) is 19.1 Å². The first kappa shape index (κ1) is 18.0. The van der Waals surface area contributed by atoms with Crippen LogP contribution in [0.25, 0.3) is 11.3 Å². The van der Waals surface area contributed by atoms with E-state index < -0.39 is 10.0 Å². The zero-order valence-electron chi connectivity index (χ0n) is 14.8.